The summed E-state index contributed by atoms with van der Waals surface area (Å²) in [5.41, 5.74) is 10.4. The van der Waals surface area contributed by atoms with Crippen LogP contribution in [0.1, 0.15) is 78.8 Å². The summed E-state index contributed by atoms with van der Waals surface area (Å²) in [6.07, 6.45) is 9.66. The van der Waals surface area contributed by atoms with Crippen molar-refractivity contribution in [1.82, 2.24) is 15.3 Å². The molecular formula is C49H56N4O7. The fraction of sp³-hybridized carbons (Fsp3) is 0.327. The number of rotatable bonds is 13. The maximum atomic E-state index is 13.2. The number of ether oxygens (including phenoxy) is 2. The molecule has 0 spiro atoms. The molecule has 0 bridgehead atoms. The van der Waals surface area contributed by atoms with Crippen LogP contribution in [0.5, 0.6) is 0 Å². The normalized spacial score (nSPS) is 13.3. The number of nitrogens with two attached hydrogens (primary N) is 1. The molecule has 1 aliphatic heterocycles. The van der Waals surface area contributed by atoms with Crippen LogP contribution in [0.25, 0.3) is 21.5 Å². The number of pyridine rings is 2. The lowest BCUT2D eigenvalue weighted by molar-refractivity contribution is -0.120. The highest BCUT2D eigenvalue weighted by Crippen LogP contribution is 2.23. The van der Waals surface area contributed by atoms with Gasteiger partial charge >= 0.3 is 6.09 Å². The van der Waals surface area contributed by atoms with Gasteiger partial charge in [-0.3, -0.25) is 19.6 Å². The van der Waals surface area contributed by atoms with E-state index in [1.54, 1.807) is 51.5 Å². The molecule has 3 heterocycles. The van der Waals surface area contributed by atoms with Gasteiger partial charge in [-0.1, -0.05) is 84.9 Å². The average Bonchev–Trinajstić information content (AvgIpc) is 3.85. The monoisotopic (exact) mass is 812 g/mol. The molecule has 1 saturated heterocycles. The summed E-state index contributed by atoms with van der Waals surface area (Å²) < 4.78 is 10.3. The van der Waals surface area contributed by atoms with Crippen molar-refractivity contribution in [2.24, 2.45) is 5.73 Å². The van der Waals surface area contributed by atoms with E-state index in [1.165, 1.54) is 12.8 Å². The number of amides is 1. The Morgan fingerprint density at radius 1 is 0.667 bits per heavy atom. The van der Waals surface area contributed by atoms with Gasteiger partial charge in [-0.15, -0.1) is 0 Å². The number of carbonyl (C=O) groups excluding carboxylic acids is 3. The predicted molar refractivity (Wildman–Crippen MR) is 234 cm³/mol. The smallest absolute Gasteiger partial charge is 0.407 e. The lowest BCUT2D eigenvalue weighted by Gasteiger charge is -2.22. The van der Waals surface area contributed by atoms with Gasteiger partial charge in [-0.05, 0) is 89.9 Å². The molecule has 2 unspecified atom stereocenters. The minimum Gasteiger partial charge on any atom is -0.444 e. The van der Waals surface area contributed by atoms with Gasteiger partial charge in [0.05, 0.1) is 25.0 Å². The van der Waals surface area contributed by atoms with Crippen LogP contribution < -0.4 is 11.1 Å². The lowest BCUT2D eigenvalue weighted by Crippen LogP contribution is -2.36. The number of hydrogen-bond acceptors (Lipinski definition) is 10. The van der Waals surface area contributed by atoms with Crippen molar-refractivity contribution in [3.63, 3.8) is 0 Å². The van der Waals surface area contributed by atoms with Gasteiger partial charge in [0.2, 0.25) is 0 Å². The van der Waals surface area contributed by atoms with Crippen LogP contribution in [0.3, 0.4) is 0 Å². The highest BCUT2D eigenvalue weighted by atomic mass is 16.6. The van der Waals surface area contributed by atoms with Crippen LogP contribution in [0.4, 0.5) is 4.79 Å². The van der Waals surface area contributed by atoms with E-state index >= 15 is 0 Å². The van der Waals surface area contributed by atoms with Gasteiger partial charge in [0.25, 0.3) is 0 Å². The number of Topliss-reactive ketones (excluding diaryl/α,β-unsaturated/α-hetero) is 2. The minimum absolute atomic E-state index is 0.00648. The van der Waals surface area contributed by atoms with E-state index in [9.17, 15) is 19.5 Å². The molecule has 1 fully saturated rings. The minimum atomic E-state index is -0.619. The van der Waals surface area contributed by atoms with Gasteiger partial charge in [0, 0.05) is 74.7 Å². The highest BCUT2D eigenvalue weighted by Gasteiger charge is 2.24. The van der Waals surface area contributed by atoms with E-state index in [0.29, 0.717) is 6.42 Å². The van der Waals surface area contributed by atoms with E-state index < -0.39 is 17.6 Å². The lowest BCUT2D eigenvalue weighted by atomic mass is 9.90. The van der Waals surface area contributed by atoms with Crippen LogP contribution in [-0.2, 0) is 45.1 Å². The van der Waals surface area contributed by atoms with Gasteiger partial charge in [0.15, 0.2) is 0 Å². The summed E-state index contributed by atoms with van der Waals surface area (Å²) in [6.45, 7) is 7.70. The molecular weight excluding hydrogens is 757 g/mol. The zero-order valence-electron chi connectivity index (χ0n) is 34.7. The number of aliphatic hydroxyl groups is 2. The Morgan fingerprint density at radius 2 is 1.12 bits per heavy atom. The maximum Gasteiger partial charge on any atom is 0.407 e. The molecule has 4 aromatic carbocycles. The van der Waals surface area contributed by atoms with Crippen molar-refractivity contribution in [2.75, 3.05) is 26.3 Å². The third-order valence-corrected chi connectivity index (χ3v) is 9.99. The molecule has 2 aromatic heterocycles. The first-order chi connectivity index (χ1) is 29.0. The van der Waals surface area contributed by atoms with E-state index in [1.807, 2.05) is 91.1 Å². The Bertz CT molecular complexity index is 2300. The molecule has 0 radical (unpaired) electrons. The molecule has 1 aliphatic rings. The Balaban J connectivity index is 0.000000208. The summed E-state index contributed by atoms with van der Waals surface area (Å²) in [4.78, 5) is 46.3. The number of carbonyl (C=O) groups is 3. The number of benzene rings is 4. The molecule has 60 heavy (non-hydrogen) atoms. The van der Waals surface area contributed by atoms with Crippen molar-refractivity contribution >= 4 is 39.2 Å². The second-order valence-corrected chi connectivity index (χ2v) is 15.7. The molecule has 1 amide bonds. The Morgan fingerprint density at radius 3 is 1.53 bits per heavy atom. The zero-order chi connectivity index (χ0) is 42.9. The highest BCUT2D eigenvalue weighted by molar-refractivity contribution is 5.91. The quantitative estimate of drug-likeness (QED) is 0.0913. The molecule has 11 nitrogen and oxygen atoms in total. The Hall–Kier alpha value is -5.85. The van der Waals surface area contributed by atoms with Crippen molar-refractivity contribution < 1.29 is 34.1 Å². The summed E-state index contributed by atoms with van der Waals surface area (Å²) in [5, 5.41) is 25.3. The first-order valence-corrected chi connectivity index (χ1v) is 20.3. The number of aliphatic hydroxyl groups excluding tert-OH is 2. The SMILES string of the molecule is C1CCOC1.CC(C)(C)OC(=O)NCC(C(=O)Cc1ccc2cnccc2c1)c1ccc(CO)cc1.NCC(C(=O)Cc1ccc2cnccc2c1)c1ccc(CO)cc1. The van der Waals surface area contributed by atoms with Gasteiger partial charge < -0.3 is 30.7 Å². The molecule has 11 heteroatoms. The second-order valence-electron chi connectivity index (χ2n) is 15.7. The third kappa shape index (κ3) is 13.9. The fourth-order valence-electron chi connectivity index (χ4n) is 6.73. The summed E-state index contributed by atoms with van der Waals surface area (Å²) in [5.74, 6) is -0.775. The number of fused-ring (bicyclic) bond motifs is 2. The molecule has 6 aromatic rings. The molecule has 2 atom stereocenters. The zero-order valence-corrected chi connectivity index (χ0v) is 34.7. The van der Waals surface area contributed by atoms with Crippen LogP contribution >= 0.6 is 0 Å². The first kappa shape index (κ1) is 45.2. The topological polar surface area (TPSA) is 174 Å². The number of alkyl carbamates (subject to hydrolysis) is 1. The van der Waals surface area contributed by atoms with Crippen LogP contribution in [-0.4, -0.2) is 69.7 Å². The molecule has 5 N–H and O–H groups in total. The summed E-state index contributed by atoms with van der Waals surface area (Å²) in [6, 6.07) is 30.3. The van der Waals surface area contributed by atoms with Crippen molar-refractivity contribution in [3.8, 4) is 0 Å². The number of aromatic nitrogens is 2. The van der Waals surface area contributed by atoms with Gasteiger partial charge in [-0.2, -0.15) is 0 Å². The summed E-state index contributed by atoms with van der Waals surface area (Å²) in [7, 11) is 0. The number of nitrogens with zero attached hydrogens (tertiary/aromatic N) is 2. The van der Waals surface area contributed by atoms with Crippen LogP contribution in [0.2, 0.25) is 0 Å². The standard InChI is InChI=1S/C25H28N2O4.C20H20N2O2.C4H8O/c1-25(2,3)31-24(30)27-15-22(19-7-4-17(16-28)5-8-19)23(29)13-18-6-9-21-14-26-11-10-20(21)12-18;21-11-19(16-4-1-14(13-23)2-5-16)20(24)10-15-3-6-18-12-22-8-7-17(18)9-15;1-2-4-5-3-1/h4-12,14,22,28H,13,15-16H2,1-3H3,(H,27,30);1-9,12,19,23H,10-11,13,21H2;1-4H2. The summed E-state index contributed by atoms with van der Waals surface area (Å²) >= 11 is 0. The van der Waals surface area contributed by atoms with Gasteiger partial charge in [-0.25, -0.2) is 4.79 Å². The van der Waals surface area contributed by atoms with Crippen molar-refractivity contribution in [3.05, 3.63) is 155 Å². The Kier molecular flexibility index (Phi) is 17.0. The molecule has 7 rings (SSSR count). The number of hydrogen-bond donors (Lipinski definition) is 4. The molecule has 314 valence electrons. The average molecular weight is 813 g/mol. The fourth-order valence-corrected chi connectivity index (χ4v) is 6.73. The number of ketones is 2. The maximum absolute atomic E-state index is 13.2. The molecule has 0 saturated carbocycles. The second kappa shape index (κ2) is 22.5. The Labute approximate surface area is 352 Å². The van der Waals surface area contributed by atoms with E-state index in [-0.39, 0.29) is 50.2 Å². The van der Waals surface area contributed by atoms with Gasteiger partial charge in [0.1, 0.15) is 17.2 Å². The van der Waals surface area contributed by atoms with Crippen LogP contribution in [0, 0.1) is 0 Å². The van der Waals surface area contributed by atoms with Crippen molar-refractivity contribution in [2.45, 2.75) is 77.1 Å². The predicted octanol–water partition coefficient (Wildman–Crippen LogP) is 7.53. The third-order valence-electron chi connectivity index (χ3n) is 9.99. The molecule has 0 aliphatic carbocycles. The largest absolute Gasteiger partial charge is 0.444 e. The number of nitrogens with one attached hydrogen (secondary N) is 1. The first-order valence-electron chi connectivity index (χ1n) is 20.3. The van der Waals surface area contributed by atoms with E-state index in [2.05, 4.69) is 15.3 Å². The van der Waals surface area contributed by atoms with Crippen molar-refractivity contribution in [1.29, 1.82) is 0 Å². The van der Waals surface area contributed by atoms with E-state index in [4.69, 9.17) is 20.3 Å². The van der Waals surface area contributed by atoms with E-state index in [0.717, 1.165) is 68.1 Å². The van der Waals surface area contributed by atoms with Crippen LogP contribution in [0.15, 0.2) is 122 Å².